The van der Waals surface area contributed by atoms with Crippen LogP contribution in [0.1, 0.15) is 57.3 Å². The van der Waals surface area contributed by atoms with Gasteiger partial charge in [0.25, 0.3) is 5.91 Å². The van der Waals surface area contributed by atoms with E-state index in [0.29, 0.717) is 53.5 Å². The maximum atomic E-state index is 14.1. The van der Waals surface area contributed by atoms with Crippen molar-refractivity contribution in [2.75, 3.05) is 31.6 Å². The summed E-state index contributed by atoms with van der Waals surface area (Å²) < 4.78 is 12.1. The van der Waals surface area contributed by atoms with Gasteiger partial charge in [0.15, 0.2) is 0 Å². The number of carbonyl (C=O) groups excluding carboxylic acids is 2. The zero-order valence-corrected chi connectivity index (χ0v) is 23.0. The minimum atomic E-state index is -1.09. The van der Waals surface area contributed by atoms with Crippen LogP contribution in [0.3, 0.4) is 0 Å². The average Bonchev–Trinajstić information content (AvgIpc) is 2.98. The number of methoxy groups -OCH3 is 1. The van der Waals surface area contributed by atoms with Gasteiger partial charge < -0.3 is 24.4 Å². The molecule has 3 atom stereocenters. The van der Waals surface area contributed by atoms with Crippen molar-refractivity contribution in [1.29, 1.82) is 0 Å². The molecule has 0 aliphatic carbocycles. The fourth-order valence-corrected chi connectivity index (χ4v) is 5.34. The van der Waals surface area contributed by atoms with Crippen LogP contribution >= 0.6 is 11.6 Å². The summed E-state index contributed by atoms with van der Waals surface area (Å²) >= 11 is 6.44. The number of anilines is 1. The van der Waals surface area contributed by atoms with Crippen molar-refractivity contribution in [2.24, 2.45) is 11.3 Å². The number of carboxylic acids is 1. The molecule has 0 bridgehead atoms. The first-order chi connectivity index (χ1) is 18.0. The number of carboxylic acid groups (broad SMARTS) is 1. The van der Waals surface area contributed by atoms with Crippen LogP contribution in [-0.2, 0) is 19.1 Å². The number of ether oxygens (including phenoxy) is 2. The number of para-hydroxylation sites is 1. The first kappa shape index (κ1) is 27.9. The first-order valence-corrected chi connectivity index (χ1v) is 13.3. The number of fused-ring (bicyclic) bond motifs is 1. The fourth-order valence-electron chi connectivity index (χ4n) is 5.16. The molecule has 8 nitrogen and oxygen atoms in total. The van der Waals surface area contributed by atoms with Gasteiger partial charge >= 0.3 is 5.97 Å². The molecule has 0 aromatic heterocycles. The second-order valence-electron chi connectivity index (χ2n) is 11.2. The summed E-state index contributed by atoms with van der Waals surface area (Å²) in [5.41, 5.74) is 1.85. The third-order valence-corrected chi connectivity index (χ3v) is 7.18. The van der Waals surface area contributed by atoms with Crippen LogP contribution < -0.4 is 9.64 Å². The molecule has 2 aromatic rings. The molecule has 1 fully saturated rings. The maximum Gasteiger partial charge on any atom is 0.308 e. The highest BCUT2D eigenvalue weighted by atomic mass is 35.5. The highest BCUT2D eigenvalue weighted by molar-refractivity contribution is 6.30. The Hall–Kier alpha value is -3.10. The van der Waals surface area contributed by atoms with E-state index in [-0.39, 0.29) is 30.2 Å². The number of hydrogen-bond donors (Lipinski definition) is 1. The van der Waals surface area contributed by atoms with Crippen LogP contribution in [0.25, 0.3) is 0 Å². The standard InChI is InChI=1S/C29H35ClN2O6/c1-29(2,3)17-32-22-12-11-19(30)14-21(22)26(20-9-5-6-10-23(20)37-4)38-24(27(32)34)15-25(33)31-13-7-8-18(16-31)28(35)36/h5-6,9-12,14,18,24,26H,7-8,13,15-17H2,1-4H3,(H,35,36)/t18?,24-,26-/m0/s1. The second-order valence-corrected chi connectivity index (χ2v) is 11.6. The lowest BCUT2D eigenvalue weighted by molar-refractivity contribution is -0.148. The molecule has 2 aromatic carbocycles. The molecule has 204 valence electrons. The lowest BCUT2D eigenvalue weighted by atomic mass is 9.94. The van der Waals surface area contributed by atoms with Gasteiger partial charge in [-0.1, -0.05) is 50.6 Å². The normalized spacial score (nSPS) is 22.0. The Bertz CT molecular complexity index is 1210. The van der Waals surface area contributed by atoms with Crippen LogP contribution in [0.2, 0.25) is 5.02 Å². The predicted molar refractivity (Wildman–Crippen MR) is 145 cm³/mol. The highest BCUT2D eigenvalue weighted by Gasteiger charge is 2.41. The van der Waals surface area contributed by atoms with Crippen LogP contribution in [0, 0.1) is 11.3 Å². The molecule has 0 saturated carbocycles. The van der Waals surface area contributed by atoms with Crippen LogP contribution in [0.15, 0.2) is 42.5 Å². The molecule has 9 heteroatoms. The number of hydrogen-bond acceptors (Lipinski definition) is 5. The van der Waals surface area contributed by atoms with Gasteiger partial charge in [0, 0.05) is 41.5 Å². The summed E-state index contributed by atoms with van der Waals surface area (Å²) in [6.07, 6.45) is -0.870. The van der Waals surface area contributed by atoms with Crippen molar-refractivity contribution in [1.82, 2.24) is 4.90 Å². The Morgan fingerprint density at radius 3 is 2.58 bits per heavy atom. The third-order valence-electron chi connectivity index (χ3n) is 6.94. The molecular formula is C29H35ClN2O6. The topological polar surface area (TPSA) is 96.4 Å². The Morgan fingerprint density at radius 2 is 1.89 bits per heavy atom. The summed E-state index contributed by atoms with van der Waals surface area (Å²) in [7, 11) is 1.57. The third kappa shape index (κ3) is 6.13. The van der Waals surface area contributed by atoms with Crippen LogP contribution in [-0.4, -0.2) is 60.6 Å². The number of likely N-dealkylation sites (tertiary alicyclic amines) is 1. The van der Waals surface area contributed by atoms with Crippen molar-refractivity contribution in [3.63, 3.8) is 0 Å². The van der Waals surface area contributed by atoms with E-state index in [0.717, 1.165) is 0 Å². The summed E-state index contributed by atoms with van der Waals surface area (Å²) in [6.45, 7) is 7.11. The molecule has 2 aliphatic rings. The molecule has 1 unspecified atom stereocenters. The molecule has 2 amide bonds. The summed E-state index contributed by atoms with van der Waals surface area (Å²) in [4.78, 5) is 42.3. The molecular weight excluding hydrogens is 508 g/mol. The number of halogens is 1. The first-order valence-electron chi connectivity index (χ1n) is 12.9. The van der Waals surface area contributed by atoms with Crippen molar-refractivity contribution in [3.8, 4) is 5.75 Å². The van der Waals surface area contributed by atoms with Gasteiger partial charge in [-0.15, -0.1) is 0 Å². The van der Waals surface area contributed by atoms with Gasteiger partial charge in [-0.25, -0.2) is 0 Å². The molecule has 4 rings (SSSR count). The largest absolute Gasteiger partial charge is 0.496 e. The summed E-state index contributed by atoms with van der Waals surface area (Å²) in [5.74, 6) is -1.55. The minimum Gasteiger partial charge on any atom is -0.496 e. The zero-order valence-electron chi connectivity index (χ0n) is 22.3. The Morgan fingerprint density at radius 1 is 1.16 bits per heavy atom. The van der Waals surface area contributed by atoms with E-state index in [9.17, 15) is 19.5 Å². The van der Waals surface area contributed by atoms with E-state index in [1.165, 1.54) is 0 Å². The quantitative estimate of drug-likeness (QED) is 0.556. The number of amides is 2. The van der Waals surface area contributed by atoms with Crippen molar-refractivity contribution in [2.45, 2.75) is 52.2 Å². The molecule has 2 aliphatic heterocycles. The van der Waals surface area contributed by atoms with Gasteiger partial charge in [0.2, 0.25) is 5.91 Å². The van der Waals surface area contributed by atoms with Crippen LogP contribution in [0.5, 0.6) is 5.75 Å². The number of rotatable bonds is 6. The fraction of sp³-hybridized carbons (Fsp3) is 0.483. The Labute approximate surface area is 228 Å². The Balaban J connectivity index is 1.76. The molecule has 0 radical (unpaired) electrons. The van der Waals surface area contributed by atoms with E-state index in [2.05, 4.69) is 0 Å². The lowest BCUT2D eigenvalue weighted by Crippen LogP contribution is -2.47. The van der Waals surface area contributed by atoms with Gasteiger partial charge in [-0.05, 0) is 42.5 Å². The zero-order chi connectivity index (χ0) is 27.6. The van der Waals surface area contributed by atoms with E-state index in [4.69, 9.17) is 21.1 Å². The monoisotopic (exact) mass is 542 g/mol. The van der Waals surface area contributed by atoms with Crippen molar-refractivity contribution in [3.05, 3.63) is 58.6 Å². The van der Waals surface area contributed by atoms with Gasteiger partial charge in [-0.3, -0.25) is 14.4 Å². The van der Waals surface area contributed by atoms with Gasteiger partial charge in [-0.2, -0.15) is 0 Å². The van der Waals surface area contributed by atoms with E-state index in [1.807, 2.05) is 51.1 Å². The second kappa shape index (κ2) is 11.3. The minimum absolute atomic E-state index is 0.132. The number of benzene rings is 2. The lowest BCUT2D eigenvalue weighted by Gasteiger charge is -2.33. The number of carbonyl (C=O) groups is 3. The van der Waals surface area contributed by atoms with Crippen LogP contribution in [0.4, 0.5) is 5.69 Å². The molecule has 38 heavy (non-hydrogen) atoms. The predicted octanol–water partition coefficient (Wildman–Crippen LogP) is 4.93. The number of aliphatic carboxylic acids is 1. The number of nitrogens with zero attached hydrogens (tertiary/aromatic N) is 2. The van der Waals surface area contributed by atoms with Gasteiger partial charge in [0.05, 0.1) is 19.4 Å². The van der Waals surface area contributed by atoms with E-state index < -0.39 is 24.1 Å². The Kier molecular flexibility index (Phi) is 8.33. The highest BCUT2D eigenvalue weighted by Crippen LogP contribution is 2.43. The van der Waals surface area contributed by atoms with E-state index in [1.54, 1.807) is 29.0 Å². The van der Waals surface area contributed by atoms with E-state index >= 15 is 0 Å². The summed E-state index contributed by atoms with van der Waals surface area (Å²) in [6, 6.07) is 12.8. The number of piperidine rings is 1. The maximum absolute atomic E-state index is 14.1. The van der Waals surface area contributed by atoms with Crippen molar-refractivity contribution < 1.29 is 29.0 Å². The SMILES string of the molecule is COc1ccccc1[C@@H]1O[C@@H](CC(=O)N2CCCC(C(=O)O)C2)C(=O)N(CC(C)(C)C)c2ccc(Cl)cc21. The molecule has 1 saturated heterocycles. The average molecular weight is 543 g/mol. The summed E-state index contributed by atoms with van der Waals surface area (Å²) in [5, 5.41) is 9.97. The van der Waals surface area contributed by atoms with Gasteiger partial charge in [0.1, 0.15) is 18.0 Å². The van der Waals surface area contributed by atoms with Crippen molar-refractivity contribution >= 4 is 35.1 Å². The smallest absolute Gasteiger partial charge is 0.308 e. The molecule has 1 N–H and O–H groups in total. The molecule has 0 spiro atoms. The molecule has 2 heterocycles.